The number of aliphatic imine (C=N–C) groups is 1. The molecule has 0 spiro atoms. The van der Waals surface area contributed by atoms with Crippen molar-refractivity contribution in [3.63, 3.8) is 0 Å². The molecule has 14 nitrogen and oxygen atoms in total. The quantitative estimate of drug-likeness (QED) is 0.102. The standard InChI is InChI=1S/C35H52N6O8/c1-22-11-9-12-23(21-22)16-19-35(18-10-13-26-24(35)17-20-41(26)32(45)46-8)47-28(42)25(38-30(43)48-33(2,3)4)14-15-27(39-29(36)37)40-31(44)49-34(5,6)7/h9,11-12,21,24-27H,10,13-15,17-18,20H2,1-8H3,(H,38,43)(H,40,44)(H4,36,37,39)/t24-,25?,26-,27?,35-/m1/s1. The molecule has 0 aromatic heterocycles. The van der Waals surface area contributed by atoms with Crippen LogP contribution in [0.5, 0.6) is 0 Å². The molecule has 1 aromatic carbocycles. The summed E-state index contributed by atoms with van der Waals surface area (Å²) in [5.74, 6) is 5.14. The predicted octanol–water partition coefficient (Wildman–Crippen LogP) is 4.07. The number of fused-ring (bicyclic) bond motifs is 1. The lowest BCUT2D eigenvalue weighted by Crippen LogP contribution is -2.54. The van der Waals surface area contributed by atoms with Crippen molar-refractivity contribution in [3.05, 3.63) is 35.4 Å². The van der Waals surface area contributed by atoms with Crippen molar-refractivity contribution < 1.29 is 38.1 Å². The van der Waals surface area contributed by atoms with Crippen LogP contribution in [0, 0.1) is 24.7 Å². The number of nitrogens with zero attached hydrogens (tertiary/aromatic N) is 2. The second kappa shape index (κ2) is 16.2. The van der Waals surface area contributed by atoms with Gasteiger partial charge in [-0.25, -0.2) is 24.2 Å². The molecule has 1 heterocycles. The van der Waals surface area contributed by atoms with E-state index in [1.165, 1.54) is 7.11 Å². The van der Waals surface area contributed by atoms with E-state index in [2.05, 4.69) is 27.5 Å². The summed E-state index contributed by atoms with van der Waals surface area (Å²) in [6.07, 6.45) is -0.820. The highest BCUT2D eigenvalue weighted by molar-refractivity contribution is 5.82. The number of amides is 3. The van der Waals surface area contributed by atoms with Gasteiger partial charge in [0.2, 0.25) is 0 Å². The lowest BCUT2D eigenvalue weighted by atomic mass is 9.72. The zero-order valence-corrected chi connectivity index (χ0v) is 29.9. The summed E-state index contributed by atoms with van der Waals surface area (Å²) in [4.78, 5) is 58.2. The Morgan fingerprint density at radius 3 is 2.27 bits per heavy atom. The van der Waals surface area contributed by atoms with E-state index in [4.69, 9.17) is 30.4 Å². The van der Waals surface area contributed by atoms with Crippen LogP contribution in [0.3, 0.4) is 0 Å². The van der Waals surface area contributed by atoms with Crippen LogP contribution in [-0.2, 0) is 23.7 Å². The Morgan fingerprint density at radius 1 is 1.02 bits per heavy atom. The number of methoxy groups -OCH3 is 1. The molecule has 2 aliphatic rings. The Morgan fingerprint density at radius 2 is 1.67 bits per heavy atom. The number of nitrogens with one attached hydrogen (secondary N) is 2. The van der Waals surface area contributed by atoms with Crippen LogP contribution in [0.25, 0.3) is 0 Å². The molecule has 1 aromatic rings. The van der Waals surface area contributed by atoms with Gasteiger partial charge in [0.15, 0.2) is 11.6 Å². The molecule has 0 radical (unpaired) electrons. The fourth-order valence-electron chi connectivity index (χ4n) is 6.13. The molecular weight excluding hydrogens is 632 g/mol. The summed E-state index contributed by atoms with van der Waals surface area (Å²) >= 11 is 0. The second-order valence-electron chi connectivity index (χ2n) is 14.4. The summed E-state index contributed by atoms with van der Waals surface area (Å²) in [7, 11) is 1.34. The Labute approximate surface area is 289 Å². The van der Waals surface area contributed by atoms with E-state index in [1.54, 1.807) is 46.4 Å². The van der Waals surface area contributed by atoms with Crippen LogP contribution in [0.2, 0.25) is 0 Å². The van der Waals surface area contributed by atoms with Gasteiger partial charge in [-0.1, -0.05) is 18.1 Å². The van der Waals surface area contributed by atoms with E-state index in [-0.39, 0.29) is 30.8 Å². The molecule has 1 aliphatic carbocycles. The van der Waals surface area contributed by atoms with Gasteiger partial charge in [-0.05, 0) is 111 Å². The number of benzene rings is 1. The molecule has 0 bridgehead atoms. The van der Waals surface area contributed by atoms with Crippen molar-refractivity contribution >= 4 is 30.2 Å². The van der Waals surface area contributed by atoms with Crippen LogP contribution in [0.15, 0.2) is 29.3 Å². The molecule has 5 atom stereocenters. The Kier molecular flexibility index (Phi) is 12.8. The Hall–Kier alpha value is -4.67. The smallest absolute Gasteiger partial charge is 0.409 e. The first-order valence-corrected chi connectivity index (χ1v) is 16.6. The van der Waals surface area contributed by atoms with Crippen molar-refractivity contribution in [1.29, 1.82) is 0 Å². The van der Waals surface area contributed by atoms with Gasteiger partial charge in [0, 0.05) is 24.1 Å². The van der Waals surface area contributed by atoms with Crippen LogP contribution in [0.4, 0.5) is 14.4 Å². The largest absolute Gasteiger partial charge is 0.453 e. The number of hydrogen-bond acceptors (Lipinski definition) is 9. The van der Waals surface area contributed by atoms with Gasteiger partial charge in [0.25, 0.3) is 0 Å². The van der Waals surface area contributed by atoms with Gasteiger partial charge in [-0.3, -0.25) is 5.32 Å². The number of nitrogens with two attached hydrogens (primary N) is 2. The minimum absolute atomic E-state index is 0.0108. The molecule has 2 fully saturated rings. The third-order valence-electron chi connectivity index (χ3n) is 8.01. The van der Waals surface area contributed by atoms with E-state index in [1.807, 2.05) is 31.2 Å². The van der Waals surface area contributed by atoms with Crippen LogP contribution in [-0.4, -0.2) is 83.8 Å². The summed E-state index contributed by atoms with van der Waals surface area (Å²) in [6, 6.07) is 6.16. The molecule has 14 heteroatoms. The van der Waals surface area contributed by atoms with Gasteiger partial charge in [-0.15, -0.1) is 0 Å². The molecule has 6 N–H and O–H groups in total. The number of aryl methyl sites for hydroxylation is 1. The maximum Gasteiger partial charge on any atom is 0.409 e. The van der Waals surface area contributed by atoms with Gasteiger partial charge >= 0.3 is 24.2 Å². The molecule has 2 unspecified atom stereocenters. The van der Waals surface area contributed by atoms with Gasteiger partial charge in [-0.2, -0.15) is 0 Å². The third-order valence-corrected chi connectivity index (χ3v) is 8.01. The summed E-state index contributed by atoms with van der Waals surface area (Å²) in [5.41, 5.74) is 10.1. The second-order valence-corrected chi connectivity index (χ2v) is 14.4. The number of carbonyl (C=O) groups is 4. The SMILES string of the molecule is COC(=O)N1CC[C@@H]2[C@H]1CCC[C@]2(C#Cc1cccc(C)c1)OC(=O)C(CCC(N=C(N)N)NC(=O)OC(C)(C)C)NC(=O)OC(C)(C)C. The van der Waals surface area contributed by atoms with Crippen molar-refractivity contribution in [3.8, 4) is 11.8 Å². The number of ether oxygens (including phenoxy) is 4. The minimum atomic E-state index is -1.28. The highest BCUT2D eigenvalue weighted by atomic mass is 16.6. The normalized spacial score (nSPS) is 21.4. The number of carbonyl (C=O) groups excluding carboxylic acids is 4. The third kappa shape index (κ3) is 11.8. The monoisotopic (exact) mass is 684 g/mol. The zero-order chi connectivity index (χ0) is 36.6. The lowest BCUT2D eigenvalue weighted by molar-refractivity contribution is -0.165. The average Bonchev–Trinajstić information content (AvgIpc) is 3.41. The van der Waals surface area contributed by atoms with Gasteiger partial charge in [0.1, 0.15) is 23.4 Å². The van der Waals surface area contributed by atoms with Crippen LogP contribution in [0.1, 0.15) is 91.2 Å². The highest BCUT2D eigenvalue weighted by Crippen LogP contribution is 2.45. The number of alkyl carbamates (subject to hydrolysis) is 2. The maximum atomic E-state index is 14.2. The molecule has 49 heavy (non-hydrogen) atoms. The van der Waals surface area contributed by atoms with E-state index in [0.29, 0.717) is 32.2 Å². The minimum Gasteiger partial charge on any atom is -0.453 e. The van der Waals surface area contributed by atoms with E-state index in [9.17, 15) is 19.2 Å². The van der Waals surface area contributed by atoms with Crippen molar-refractivity contribution in [2.75, 3.05) is 13.7 Å². The van der Waals surface area contributed by atoms with Crippen molar-refractivity contribution in [2.45, 2.75) is 122 Å². The van der Waals surface area contributed by atoms with E-state index < -0.39 is 53.3 Å². The maximum absolute atomic E-state index is 14.2. The molecule has 270 valence electrons. The molecule has 3 rings (SSSR count). The number of rotatable bonds is 8. The Balaban J connectivity index is 1.97. The topological polar surface area (TPSA) is 197 Å². The first kappa shape index (κ1) is 38.8. The lowest BCUT2D eigenvalue weighted by Gasteiger charge is -2.43. The predicted molar refractivity (Wildman–Crippen MR) is 183 cm³/mol. The Bertz CT molecular complexity index is 1450. The van der Waals surface area contributed by atoms with E-state index >= 15 is 0 Å². The average molecular weight is 685 g/mol. The molecule has 1 saturated heterocycles. The van der Waals surface area contributed by atoms with Crippen LogP contribution < -0.4 is 22.1 Å². The number of guanidine groups is 1. The summed E-state index contributed by atoms with van der Waals surface area (Å²) in [6.45, 7) is 12.6. The molecule has 1 saturated carbocycles. The van der Waals surface area contributed by atoms with Gasteiger partial charge in [0.05, 0.1) is 7.11 Å². The van der Waals surface area contributed by atoms with Crippen LogP contribution >= 0.6 is 0 Å². The number of esters is 1. The number of likely N-dealkylation sites (tertiary alicyclic amines) is 1. The molecular formula is C35H52N6O8. The molecule has 1 aliphatic heterocycles. The fraction of sp³-hybridized carbons (Fsp3) is 0.629. The first-order valence-electron chi connectivity index (χ1n) is 16.6. The summed E-state index contributed by atoms with van der Waals surface area (Å²) in [5, 5.41) is 5.23. The van der Waals surface area contributed by atoms with Crippen molar-refractivity contribution in [2.24, 2.45) is 22.4 Å². The fourth-order valence-corrected chi connectivity index (χ4v) is 6.13. The highest BCUT2D eigenvalue weighted by Gasteiger charge is 2.54. The number of hydrogen-bond donors (Lipinski definition) is 4. The summed E-state index contributed by atoms with van der Waals surface area (Å²) < 4.78 is 22.3. The van der Waals surface area contributed by atoms with Gasteiger partial charge < -0.3 is 40.6 Å². The van der Waals surface area contributed by atoms with E-state index in [0.717, 1.165) is 11.1 Å². The van der Waals surface area contributed by atoms with Crippen molar-refractivity contribution in [1.82, 2.24) is 15.5 Å². The molecule has 3 amide bonds. The first-order chi connectivity index (χ1) is 22.8. The zero-order valence-electron chi connectivity index (χ0n) is 29.9.